The molecule has 2 N–H and O–H groups in total. The molecule has 2 heteroatoms. The van der Waals surface area contributed by atoms with Crippen molar-refractivity contribution < 1.29 is 0 Å². The number of benzene rings is 1. The van der Waals surface area contributed by atoms with Crippen LogP contribution < -0.4 is 10.6 Å². The third-order valence-corrected chi connectivity index (χ3v) is 2.96. The average Bonchev–Trinajstić information content (AvgIpc) is 2.32. The van der Waals surface area contributed by atoms with Crippen molar-refractivity contribution in [3.05, 3.63) is 35.4 Å². The van der Waals surface area contributed by atoms with Gasteiger partial charge in [-0.3, -0.25) is 0 Å². The van der Waals surface area contributed by atoms with E-state index in [-0.39, 0.29) is 0 Å². The first-order valence-corrected chi connectivity index (χ1v) is 5.93. The molecule has 0 aromatic heterocycles. The van der Waals surface area contributed by atoms with Crippen LogP contribution in [0.4, 0.5) is 0 Å². The molecule has 2 nitrogen and oxygen atoms in total. The van der Waals surface area contributed by atoms with Gasteiger partial charge in [0, 0.05) is 25.7 Å². The number of nitrogens with one attached hydrogen (secondary N) is 2. The fraction of sp³-hybridized carbons (Fsp3) is 0.538. The van der Waals surface area contributed by atoms with Gasteiger partial charge in [-0.15, -0.1) is 0 Å². The highest BCUT2D eigenvalue weighted by Gasteiger charge is 2.13. The summed E-state index contributed by atoms with van der Waals surface area (Å²) in [5.74, 6) is 0. The van der Waals surface area contributed by atoms with E-state index in [1.54, 1.807) is 0 Å². The Hall–Kier alpha value is -0.860. The molecular weight excluding hydrogens is 184 g/mol. The standard InChI is InChI=1S/C13H20N2/c1-2-3-11-4-6-12(7-5-11)13-10-14-8-9-15-13/h4-7,13-15H,2-3,8-10H2,1H3. The molecule has 0 spiro atoms. The molecule has 1 heterocycles. The fourth-order valence-electron chi connectivity index (χ4n) is 2.09. The second kappa shape index (κ2) is 5.29. The Labute approximate surface area is 92.1 Å². The van der Waals surface area contributed by atoms with Crippen molar-refractivity contribution in [1.29, 1.82) is 0 Å². The van der Waals surface area contributed by atoms with Crippen molar-refractivity contribution in [2.24, 2.45) is 0 Å². The highest BCUT2D eigenvalue weighted by Crippen LogP contribution is 2.15. The summed E-state index contributed by atoms with van der Waals surface area (Å²) >= 11 is 0. The van der Waals surface area contributed by atoms with Crippen LogP contribution in [0.5, 0.6) is 0 Å². The van der Waals surface area contributed by atoms with Gasteiger partial charge in [0.25, 0.3) is 0 Å². The van der Waals surface area contributed by atoms with E-state index >= 15 is 0 Å². The van der Waals surface area contributed by atoms with E-state index in [0.717, 1.165) is 19.6 Å². The molecule has 1 aliphatic rings. The lowest BCUT2D eigenvalue weighted by Crippen LogP contribution is -2.42. The van der Waals surface area contributed by atoms with Crippen molar-refractivity contribution >= 4 is 0 Å². The van der Waals surface area contributed by atoms with Crippen molar-refractivity contribution in [2.45, 2.75) is 25.8 Å². The lowest BCUT2D eigenvalue weighted by molar-refractivity contribution is 0.430. The van der Waals surface area contributed by atoms with Crippen molar-refractivity contribution in [2.75, 3.05) is 19.6 Å². The third kappa shape index (κ3) is 2.80. The average molecular weight is 204 g/mol. The third-order valence-electron chi connectivity index (χ3n) is 2.96. The molecule has 1 aromatic rings. The second-order valence-electron chi connectivity index (χ2n) is 4.20. The molecule has 0 bridgehead atoms. The summed E-state index contributed by atoms with van der Waals surface area (Å²) in [7, 11) is 0. The Kier molecular flexibility index (Phi) is 3.75. The lowest BCUT2D eigenvalue weighted by atomic mass is 10.0. The Balaban J connectivity index is 2.02. The van der Waals surface area contributed by atoms with Crippen LogP contribution in [0.1, 0.15) is 30.5 Å². The van der Waals surface area contributed by atoms with Gasteiger partial charge in [-0.1, -0.05) is 37.6 Å². The predicted octanol–water partition coefficient (Wildman–Crippen LogP) is 1.87. The molecule has 82 valence electrons. The molecule has 0 saturated carbocycles. The van der Waals surface area contributed by atoms with Crippen LogP contribution in [0.3, 0.4) is 0 Å². The van der Waals surface area contributed by atoms with Crippen molar-refractivity contribution in [3.63, 3.8) is 0 Å². The highest BCUT2D eigenvalue weighted by molar-refractivity contribution is 5.25. The zero-order valence-electron chi connectivity index (χ0n) is 9.42. The Morgan fingerprint density at radius 3 is 2.60 bits per heavy atom. The number of hydrogen-bond donors (Lipinski definition) is 2. The maximum atomic E-state index is 3.52. The second-order valence-corrected chi connectivity index (χ2v) is 4.20. The Morgan fingerprint density at radius 2 is 2.00 bits per heavy atom. The van der Waals surface area contributed by atoms with E-state index in [2.05, 4.69) is 41.8 Å². The lowest BCUT2D eigenvalue weighted by Gasteiger charge is -2.25. The molecule has 1 aliphatic heterocycles. The van der Waals surface area contributed by atoms with Crippen molar-refractivity contribution in [3.8, 4) is 0 Å². The molecule has 0 amide bonds. The van der Waals surface area contributed by atoms with Crippen LogP contribution in [0, 0.1) is 0 Å². The predicted molar refractivity (Wildman–Crippen MR) is 64.1 cm³/mol. The van der Waals surface area contributed by atoms with E-state index in [4.69, 9.17) is 0 Å². The van der Waals surface area contributed by atoms with Gasteiger partial charge in [-0.2, -0.15) is 0 Å². The summed E-state index contributed by atoms with van der Waals surface area (Å²) in [6.45, 7) is 5.43. The molecular formula is C13H20N2. The molecule has 0 aliphatic carbocycles. The topological polar surface area (TPSA) is 24.1 Å². The molecule has 15 heavy (non-hydrogen) atoms. The molecule has 1 unspecified atom stereocenters. The van der Waals surface area contributed by atoms with E-state index in [1.807, 2.05) is 0 Å². The largest absolute Gasteiger partial charge is 0.314 e. The van der Waals surface area contributed by atoms with Gasteiger partial charge in [0.15, 0.2) is 0 Å². The highest BCUT2D eigenvalue weighted by atomic mass is 15.1. The van der Waals surface area contributed by atoms with Crippen LogP contribution in [-0.4, -0.2) is 19.6 Å². The van der Waals surface area contributed by atoms with Gasteiger partial charge in [-0.25, -0.2) is 0 Å². The quantitative estimate of drug-likeness (QED) is 0.785. The van der Waals surface area contributed by atoms with Crippen molar-refractivity contribution in [1.82, 2.24) is 10.6 Å². The van der Waals surface area contributed by atoms with Gasteiger partial charge in [0.05, 0.1) is 0 Å². The molecule has 0 radical (unpaired) electrons. The molecule has 1 saturated heterocycles. The number of rotatable bonds is 3. The minimum Gasteiger partial charge on any atom is -0.314 e. The van der Waals surface area contributed by atoms with E-state index in [0.29, 0.717) is 6.04 Å². The molecule has 1 atom stereocenters. The molecule has 2 rings (SSSR count). The maximum absolute atomic E-state index is 3.52. The van der Waals surface area contributed by atoms with Crippen LogP contribution in [0.2, 0.25) is 0 Å². The van der Waals surface area contributed by atoms with E-state index < -0.39 is 0 Å². The SMILES string of the molecule is CCCc1ccc(C2CNCCN2)cc1. The Bertz CT molecular complexity index is 286. The summed E-state index contributed by atoms with van der Waals surface area (Å²) in [6, 6.07) is 9.53. The maximum Gasteiger partial charge on any atom is 0.0447 e. The molecule has 1 fully saturated rings. The number of aryl methyl sites for hydroxylation is 1. The van der Waals surface area contributed by atoms with E-state index in [9.17, 15) is 0 Å². The smallest absolute Gasteiger partial charge is 0.0447 e. The summed E-state index contributed by atoms with van der Waals surface area (Å²) in [5.41, 5.74) is 2.85. The van der Waals surface area contributed by atoms with Gasteiger partial charge >= 0.3 is 0 Å². The molecule has 1 aromatic carbocycles. The van der Waals surface area contributed by atoms with Gasteiger partial charge in [0.2, 0.25) is 0 Å². The summed E-state index contributed by atoms with van der Waals surface area (Å²) < 4.78 is 0. The van der Waals surface area contributed by atoms with Gasteiger partial charge in [-0.05, 0) is 17.5 Å². The summed E-state index contributed by atoms with van der Waals surface area (Å²) in [4.78, 5) is 0. The normalized spacial score (nSPS) is 21.5. The summed E-state index contributed by atoms with van der Waals surface area (Å²) in [5, 5.41) is 6.93. The number of hydrogen-bond acceptors (Lipinski definition) is 2. The first-order chi connectivity index (χ1) is 7.40. The Morgan fingerprint density at radius 1 is 1.20 bits per heavy atom. The minimum absolute atomic E-state index is 0.495. The van der Waals surface area contributed by atoms with Crippen LogP contribution in [-0.2, 0) is 6.42 Å². The zero-order chi connectivity index (χ0) is 10.5. The monoisotopic (exact) mass is 204 g/mol. The van der Waals surface area contributed by atoms with Crippen LogP contribution >= 0.6 is 0 Å². The first-order valence-electron chi connectivity index (χ1n) is 5.93. The zero-order valence-corrected chi connectivity index (χ0v) is 9.42. The first kappa shape index (κ1) is 10.7. The van der Waals surface area contributed by atoms with E-state index in [1.165, 1.54) is 24.0 Å². The fourth-order valence-corrected chi connectivity index (χ4v) is 2.09. The van der Waals surface area contributed by atoms with Crippen LogP contribution in [0.15, 0.2) is 24.3 Å². The minimum atomic E-state index is 0.495. The summed E-state index contributed by atoms with van der Waals surface area (Å²) in [6.07, 6.45) is 2.42. The number of piperazine rings is 1. The van der Waals surface area contributed by atoms with Gasteiger partial charge in [0.1, 0.15) is 0 Å². The van der Waals surface area contributed by atoms with Gasteiger partial charge < -0.3 is 10.6 Å². The van der Waals surface area contributed by atoms with Crippen LogP contribution in [0.25, 0.3) is 0 Å².